The summed E-state index contributed by atoms with van der Waals surface area (Å²) in [6.45, 7) is 13.1. The Hall–Kier alpha value is -4.01. The van der Waals surface area contributed by atoms with E-state index >= 15 is 0 Å². The summed E-state index contributed by atoms with van der Waals surface area (Å²) >= 11 is 0. The maximum absolute atomic E-state index is 14.5. The van der Waals surface area contributed by atoms with Crippen molar-refractivity contribution in [2.24, 2.45) is 0 Å². The van der Waals surface area contributed by atoms with Gasteiger partial charge in [0.1, 0.15) is 35.4 Å². The molecule has 2 aromatic rings. The summed E-state index contributed by atoms with van der Waals surface area (Å²) in [5, 5.41) is 28.7. The molecule has 0 radical (unpaired) electrons. The van der Waals surface area contributed by atoms with Crippen molar-refractivity contribution >= 4 is 37.3 Å². The van der Waals surface area contributed by atoms with Crippen LogP contribution in [0.2, 0.25) is 0 Å². The van der Waals surface area contributed by atoms with Crippen LogP contribution < -0.4 is 21.3 Å². The predicted octanol–water partition coefficient (Wildman–Crippen LogP) is 3.88. The first-order chi connectivity index (χ1) is 21.8. The minimum Gasteiger partial charge on any atom is -0.444 e. The number of hydrogen-bond acceptors (Lipinski definition) is 12. The van der Waals surface area contributed by atoms with Crippen LogP contribution in [0.25, 0.3) is 0 Å². The molecule has 0 fully saturated rings. The van der Waals surface area contributed by atoms with Gasteiger partial charge in [0.25, 0.3) is 5.91 Å². The average Bonchev–Trinajstić information content (AvgIpc) is 2.92. The maximum atomic E-state index is 14.5. The summed E-state index contributed by atoms with van der Waals surface area (Å²) in [7, 11) is -4.92. The van der Waals surface area contributed by atoms with E-state index in [2.05, 4.69) is 40.7 Å². The normalized spacial score (nSPS) is 13.3. The zero-order chi connectivity index (χ0) is 37.1. The molecule has 48 heavy (non-hydrogen) atoms. The van der Waals surface area contributed by atoms with E-state index < -0.39 is 55.5 Å². The molecule has 0 unspecified atom stereocenters. The minimum absolute atomic E-state index is 0.0533. The number of amides is 2. The van der Waals surface area contributed by atoms with Crippen molar-refractivity contribution < 1.29 is 47.1 Å². The fourth-order valence-corrected chi connectivity index (χ4v) is 4.05. The van der Waals surface area contributed by atoms with Crippen LogP contribution in [0.1, 0.15) is 78.2 Å². The Labute approximate surface area is 278 Å². The van der Waals surface area contributed by atoms with Crippen LogP contribution >= 0.6 is 7.82 Å². The highest BCUT2D eigenvalue weighted by Gasteiger charge is 2.37. The Morgan fingerprint density at radius 1 is 0.979 bits per heavy atom. The number of alkyl halides is 2. The van der Waals surface area contributed by atoms with Crippen molar-refractivity contribution in [3.63, 3.8) is 0 Å². The Morgan fingerprint density at radius 3 is 2.02 bits per heavy atom. The van der Waals surface area contributed by atoms with E-state index in [4.69, 9.17) is 19.8 Å². The molecule has 19 heteroatoms. The average molecular weight is 703 g/mol. The molecule has 2 aromatic heterocycles. The number of aromatic nitrogens is 3. The number of carbonyl (C=O) groups excluding carboxylic acids is 2. The van der Waals surface area contributed by atoms with Crippen LogP contribution in [-0.2, 0) is 13.8 Å². The van der Waals surface area contributed by atoms with Crippen LogP contribution in [0, 0.1) is 11.3 Å². The quantitative estimate of drug-likeness (QED) is 0.147. The highest BCUT2D eigenvalue weighted by atomic mass is 31.2. The number of nitrogens with zero attached hydrogens (tertiary/aromatic N) is 4. The zero-order valence-corrected chi connectivity index (χ0v) is 29.2. The van der Waals surface area contributed by atoms with Crippen molar-refractivity contribution in [2.75, 3.05) is 23.7 Å². The summed E-state index contributed by atoms with van der Waals surface area (Å²) in [4.78, 5) is 53.8. The number of nitriles is 1. The third-order valence-corrected chi connectivity index (χ3v) is 6.46. The Bertz CT molecular complexity index is 1460. The summed E-state index contributed by atoms with van der Waals surface area (Å²) in [6.07, 6.45) is -0.154. The van der Waals surface area contributed by atoms with E-state index in [1.54, 1.807) is 26.8 Å². The molecular formula is C29H45F2N8O8P. The number of anilines is 3. The molecule has 0 bridgehead atoms. The zero-order valence-electron chi connectivity index (χ0n) is 28.3. The first kappa shape index (κ1) is 42.0. The van der Waals surface area contributed by atoms with Crippen molar-refractivity contribution in [3.05, 3.63) is 35.8 Å². The summed E-state index contributed by atoms with van der Waals surface area (Å²) in [6, 6.07) is 3.41. The van der Waals surface area contributed by atoms with E-state index in [0.717, 1.165) is 0 Å². The molecule has 0 aliphatic heterocycles. The molecule has 7 N–H and O–H groups in total. The van der Waals surface area contributed by atoms with Crippen LogP contribution in [0.15, 0.2) is 24.7 Å². The van der Waals surface area contributed by atoms with Crippen LogP contribution in [0.5, 0.6) is 0 Å². The van der Waals surface area contributed by atoms with E-state index in [-0.39, 0.29) is 24.1 Å². The predicted molar refractivity (Wildman–Crippen MR) is 173 cm³/mol. The molecule has 268 valence electrons. The number of nitrogens with one attached hydrogen (secondary N) is 4. The van der Waals surface area contributed by atoms with Gasteiger partial charge in [-0.25, -0.2) is 33.1 Å². The first-order valence-corrected chi connectivity index (χ1v) is 16.1. The lowest BCUT2D eigenvalue weighted by Gasteiger charge is -2.29. The molecule has 0 aliphatic rings. The molecular weight excluding hydrogens is 657 g/mol. The van der Waals surface area contributed by atoms with Gasteiger partial charge in [0, 0.05) is 18.3 Å². The van der Waals surface area contributed by atoms with Crippen molar-refractivity contribution in [2.45, 2.75) is 97.5 Å². The van der Waals surface area contributed by atoms with Crippen molar-refractivity contribution in [1.82, 2.24) is 25.6 Å². The lowest BCUT2D eigenvalue weighted by molar-refractivity contribution is -0.00472. The molecule has 2 amide bonds. The van der Waals surface area contributed by atoms with Crippen molar-refractivity contribution in [3.8, 4) is 6.07 Å². The minimum atomic E-state index is -4.92. The van der Waals surface area contributed by atoms with Gasteiger partial charge in [0.05, 0.1) is 47.9 Å². The van der Waals surface area contributed by atoms with E-state index in [1.807, 2.05) is 19.9 Å². The third kappa shape index (κ3) is 16.2. The Morgan fingerprint density at radius 2 is 1.54 bits per heavy atom. The van der Waals surface area contributed by atoms with Gasteiger partial charge in [-0.1, -0.05) is 0 Å². The molecule has 0 saturated heterocycles. The number of ether oxygens (including phenoxy) is 1. The lowest BCUT2D eigenvalue weighted by Crippen LogP contribution is -2.43. The second-order valence-electron chi connectivity index (χ2n) is 12.8. The number of rotatable bonds is 13. The fraction of sp³-hybridized carbons (Fsp3) is 0.586. The van der Waals surface area contributed by atoms with Crippen LogP contribution in [0.4, 0.5) is 31.0 Å². The third-order valence-electron chi connectivity index (χ3n) is 5.75. The number of carbonyl (C=O) groups is 2. The summed E-state index contributed by atoms with van der Waals surface area (Å²) in [5.41, 5.74) is -3.09. The van der Waals surface area contributed by atoms with Gasteiger partial charge in [-0.3, -0.25) is 9.32 Å². The fourth-order valence-electron chi connectivity index (χ4n) is 3.32. The molecule has 0 saturated carbocycles. The topological polar surface area (TPSA) is 241 Å². The maximum Gasteiger partial charge on any atom is 0.470 e. The second-order valence-corrected chi connectivity index (χ2v) is 14.0. The van der Waals surface area contributed by atoms with E-state index in [1.165, 1.54) is 46.3 Å². The molecule has 0 aliphatic carbocycles. The molecule has 0 spiro atoms. The molecule has 0 aromatic carbocycles. The number of phosphoric ester groups is 1. The van der Waals surface area contributed by atoms with Crippen molar-refractivity contribution in [1.29, 1.82) is 5.26 Å². The number of pyridine rings is 1. The summed E-state index contributed by atoms with van der Waals surface area (Å²) in [5.74, 6) is -0.137. The van der Waals surface area contributed by atoms with Gasteiger partial charge < -0.3 is 40.9 Å². The highest BCUT2D eigenvalue weighted by Crippen LogP contribution is 2.42. The monoisotopic (exact) mass is 702 g/mol. The molecule has 16 nitrogen and oxygen atoms in total. The highest BCUT2D eigenvalue weighted by molar-refractivity contribution is 7.46. The largest absolute Gasteiger partial charge is 0.470 e. The standard InChI is InChI=1S/C19H25FN7O5P.C10H20FNO3/c1-11(2)26-14-5-16(27-18-24-7-12(6-21)8-25-18)22-9-13(14)17(28)23-10-15(20)19(3,4)32-33(29,30)31;1-9(2,3)15-8(13)12-6-7(11)10(4,5)14/h5,7-9,11,15H,10H2,1-4H3,(H,23,28)(H2,29,30,31)(H2,22,24,25,26,27);7,14H,6H2,1-5H3,(H,12,13)/t15-;7-/m11/s1. The van der Waals surface area contributed by atoms with E-state index in [0.29, 0.717) is 17.1 Å². The Balaban J connectivity index is 0.000000646. The smallest absolute Gasteiger partial charge is 0.444 e. The van der Waals surface area contributed by atoms with Gasteiger partial charge in [0.15, 0.2) is 0 Å². The SMILES string of the molecule is CC(C)(C)OC(=O)NC[C@@H](F)C(C)(C)O.CC(C)Nc1cc(Nc2ncc(C#N)cn2)ncc1C(=O)NC[C@@H](F)C(C)(C)OP(=O)(O)O. The van der Waals surface area contributed by atoms with Crippen LogP contribution in [-0.4, -0.2) is 90.1 Å². The van der Waals surface area contributed by atoms with Gasteiger partial charge in [-0.15, -0.1) is 0 Å². The Kier molecular flexibility index (Phi) is 15.2. The van der Waals surface area contributed by atoms with Gasteiger partial charge in [-0.2, -0.15) is 5.26 Å². The van der Waals surface area contributed by atoms with Gasteiger partial charge in [-0.05, 0) is 62.3 Å². The molecule has 2 heterocycles. The second kappa shape index (κ2) is 17.4. The number of aliphatic hydroxyl groups is 1. The van der Waals surface area contributed by atoms with Gasteiger partial charge >= 0.3 is 13.9 Å². The molecule has 2 rings (SSSR count). The number of alkyl carbamates (subject to hydrolysis) is 1. The van der Waals surface area contributed by atoms with Crippen LogP contribution in [0.3, 0.4) is 0 Å². The summed E-state index contributed by atoms with van der Waals surface area (Å²) < 4.78 is 48.1. The van der Waals surface area contributed by atoms with Gasteiger partial charge in [0.2, 0.25) is 5.95 Å². The van der Waals surface area contributed by atoms with E-state index in [9.17, 15) is 28.0 Å². The number of halogens is 2. The first-order valence-electron chi connectivity index (χ1n) is 14.6. The molecule has 2 atom stereocenters. The number of phosphoric acid groups is 1. The number of hydrogen-bond donors (Lipinski definition) is 7. The lowest BCUT2D eigenvalue weighted by atomic mass is 10.0.